The summed E-state index contributed by atoms with van der Waals surface area (Å²) in [6.07, 6.45) is 3.51. The van der Waals surface area contributed by atoms with Gasteiger partial charge in [0, 0.05) is 11.2 Å². The maximum Gasteiger partial charge on any atom is 0.234 e. The van der Waals surface area contributed by atoms with Crippen molar-refractivity contribution in [2.45, 2.75) is 50.5 Å². The lowest BCUT2D eigenvalue weighted by Crippen LogP contribution is -2.04. The summed E-state index contributed by atoms with van der Waals surface area (Å²) < 4.78 is 5.08. The highest BCUT2D eigenvalue weighted by molar-refractivity contribution is 7.99. The van der Waals surface area contributed by atoms with Gasteiger partial charge in [-0.05, 0) is 19.3 Å². The van der Waals surface area contributed by atoms with Crippen molar-refractivity contribution < 1.29 is 9.32 Å². The summed E-state index contributed by atoms with van der Waals surface area (Å²) >= 11 is 1.81. The van der Waals surface area contributed by atoms with E-state index in [2.05, 4.69) is 24.0 Å². The molecule has 0 aliphatic heterocycles. The second kappa shape index (κ2) is 5.67. The Bertz CT molecular complexity index is 388. The molecule has 0 spiro atoms. The summed E-state index contributed by atoms with van der Waals surface area (Å²) in [5.41, 5.74) is 0. The van der Waals surface area contributed by atoms with E-state index < -0.39 is 0 Å². The van der Waals surface area contributed by atoms with E-state index >= 15 is 0 Å². The highest BCUT2D eigenvalue weighted by Crippen LogP contribution is 2.30. The molecule has 94 valence electrons. The molecule has 1 aromatic rings. The van der Waals surface area contributed by atoms with E-state index in [1.54, 1.807) is 0 Å². The monoisotopic (exact) mass is 254 g/mol. The molecule has 1 atom stereocenters. The highest BCUT2D eigenvalue weighted by atomic mass is 32.2. The fraction of sp³-hybridized carbons (Fsp3) is 0.750. The first-order valence-corrected chi connectivity index (χ1v) is 7.19. The molecule has 0 aromatic carbocycles. The Hall–Kier alpha value is -0.840. The van der Waals surface area contributed by atoms with E-state index in [0.29, 0.717) is 23.4 Å². The fourth-order valence-corrected chi connectivity index (χ4v) is 2.24. The topological polar surface area (TPSA) is 56.0 Å². The standard InChI is InChI=1S/C12H18N2O2S/c1-3-8(2)17-7-11-13-12(16-14-11)6-10(15)9-4-5-9/h8-9H,3-7H2,1-2H3. The number of aromatic nitrogens is 2. The van der Waals surface area contributed by atoms with Crippen molar-refractivity contribution in [3.63, 3.8) is 0 Å². The molecule has 1 aliphatic rings. The van der Waals surface area contributed by atoms with Gasteiger partial charge in [0.15, 0.2) is 5.82 Å². The van der Waals surface area contributed by atoms with Gasteiger partial charge in [-0.15, -0.1) is 0 Å². The van der Waals surface area contributed by atoms with Gasteiger partial charge in [-0.2, -0.15) is 16.7 Å². The first-order chi connectivity index (χ1) is 8.19. The van der Waals surface area contributed by atoms with Crippen LogP contribution in [0.25, 0.3) is 0 Å². The number of carbonyl (C=O) groups is 1. The number of hydrogen-bond donors (Lipinski definition) is 0. The quantitative estimate of drug-likeness (QED) is 0.748. The molecule has 0 amide bonds. The molecule has 0 radical (unpaired) electrons. The molecule has 0 N–H and O–H groups in total. The predicted molar refractivity (Wildman–Crippen MR) is 66.8 cm³/mol. The Morgan fingerprint density at radius 1 is 1.59 bits per heavy atom. The van der Waals surface area contributed by atoms with Crippen LogP contribution in [0.3, 0.4) is 0 Å². The number of nitrogens with zero attached hydrogens (tertiary/aromatic N) is 2. The third-order valence-corrected chi connectivity index (χ3v) is 4.27. The van der Waals surface area contributed by atoms with Crippen molar-refractivity contribution in [3.05, 3.63) is 11.7 Å². The van der Waals surface area contributed by atoms with Crippen LogP contribution in [0.2, 0.25) is 0 Å². The summed E-state index contributed by atoms with van der Waals surface area (Å²) in [6, 6.07) is 0. The van der Waals surface area contributed by atoms with Crippen LogP contribution in [0.4, 0.5) is 0 Å². The minimum Gasteiger partial charge on any atom is -0.339 e. The summed E-state index contributed by atoms with van der Waals surface area (Å²) in [4.78, 5) is 15.8. The number of rotatable bonds is 7. The first-order valence-electron chi connectivity index (χ1n) is 6.14. The van der Waals surface area contributed by atoms with Crippen LogP contribution in [0.5, 0.6) is 0 Å². The van der Waals surface area contributed by atoms with E-state index in [4.69, 9.17) is 4.52 Å². The number of ketones is 1. The van der Waals surface area contributed by atoms with E-state index in [0.717, 1.165) is 25.0 Å². The van der Waals surface area contributed by atoms with Gasteiger partial charge in [-0.1, -0.05) is 19.0 Å². The molecule has 1 fully saturated rings. The van der Waals surface area contributed by atoms with Gasteiger partial charge in [-0.3, -0.25) is 4.79 Å². The number of carbonyl (C=O) groups excluding carboxylic acids is 1. The Morgan fingerprint density at radius 3 is 3.00 bits per heavy atom. The minimum absolute atomic E-state index is 0.245. The highest BCUT2D eigenvalue weighted by Gasteiger charge is 2.30. The second-order valence-corrected chi connectivity index (χ2v) is 5.98. The number of Topliss-reactive ketones (excluding diaryl/α,β-unsaturated/α-hetero) is 1. The van der Waals surface area contributed by atoms with Gasteiger partial charge in [-0.25, -0.2) is 0 Å². The zero-order valence-corrected chi connectivity index (χ0v) is 11.1. The maximum absolute atomic E-state index is 11.6. The van der Waals surface area contributed by atoms with Gasteiger partial charge in [0.2, 0.25) is 5.89 Å². The molecule has 1 heterocycles. The lowest BCUT2D eigenvalue weighted by atomic mass is 10.2. The third-order valence-electron chi connectivity index (χ3n) is 2.94. The fourth-order valence-electron chi connectivity index (χ4n) is 1.45. The molecular weight excluding hydrogens is 236 g/mol. The Morgan fingerprint density at radius 2 is 2.35 bits per heavy atom. The zero-order valence-electron chi connectivity index (χ0n) is 10.3. The van der Waals surface area contributed by atoms with Crippen LogP contribution in [-0.2, 0) is 17.0 Å². The normalized spacial score (nSPS) is 17.1. The lowest BCUT2D eigenvalue weighted by Gasteiger charge is -2.04. The van der Waals surface area contributed by atoms with Crippen LogP contribution in [0, 0.1) is 5.92 Å². The van der Waals surface area contributed by atoms with E-state index in [9.17, 15) is 4.79 Å². The van der Waals surface area contributed by atoms with Crippen LogP contribution < -0.4 is 0 Å². The predicted octanol–water partition coefficient (Wildman–Crippen LogP) is 2.62. The van der Waals surface area contributed by atoms with Gasteiger partial charge >= 0.3 is 0 Å². The van der Waals surface area contributed by atoms with E-state index in [1.165, 1.54) is 0 Å². The molecule has 0 bridgehead atoms. The summed E-state index contributed by atoms with van der Waals surface area (Å²) in [5.74, 6) is 2.45. The Balaban J connectivity index is 1.80. The molecule has 4 nitrogen and oxygen atoms in total. The van der Waals surface area contributed by atoms with Crippen molar-refractivity contribution in [3.8, 4) is 0 Å². The third kappa shape index (κ3) is 3.84. The Labute approximate surface area is 106 Å². The van der Waals surface area contributed by atoms with Crippen molar-refractivity contribution in [1.82, 2.24) is 10.1 Å². The second-order valence-electron chi connectivity index (χ2n) is 4.55. The molecule has 17 heavy (non-hydrogen) atoms. The van der Waals surface area contributed by atoms with Crippen LogP contribution in [0.1, 0.15) is 44.8 Å². The molecule has 2 rings (SSSR count). The average molecular weight is 254 g/mol. The van der Waals surface area contributed by atoms with Crippen molar-refractivity contribution in [1.29, 1.82) is 0 Å². The van der Waals surface area contributed by atoms with Crippen LogP contribution >= 0.6 is 11.8 Å². The van der Waals surface area contributed by atoms with Gasteiger partial charge in [0.1, 0.15) is 5.78 Å². The smallest absolute Gasteiger partial charge is 0.234 e. The van der Waals surface area contributed by atoms with Crippen LogP contribution in [-0.4, -0.2) is 21.2 Å². The van der Waals surface area contributed by atoms with E-state index in [-0.39, 0.29) is 11.7 Å². The Kier molecular flexibility index (Phi) is 4.20. The number of hydrogen-bond acceptors (Lipinski definition) is 5. The summed E-state index contributed by atoms with van der Waals surface area (Å²) in [6.45, 7) is 4.34. The summed E-state index contributed by atoms with van der Waals surface area (Å²) in [7, 11) is 0. The molecular formula is C12H18N2O2S. The van der Waals surface area contributed by atoms with Gasteiger partial charge in [0.05, 0.1) is 12.2 Å². The minimum atomic E-state index is 0.245. The molecule has 1 aromatic heterocycles. The molecule has 5 heteroatoms. The first kappa shape index (κ1) is 12.6. The van der Waals surface area contributed by atoms with Crippen molar-refractivity contribution in [2.75, 3.05) is 0 Å². The van der Waals surface area contributed by atoms with E-state index in [1.807, 2.05) is 11.8 Å². The van der Waals surface area contributed by atoms with Crippen molar-refractivity contribution >= 4 is 17.5 Å². The number of thioether (sulfide) groups is 1. The van der Waals surface area contributed by atoms with Gasteiger partial charge in [0.25, 0.3) is 0 Å². The molecule has 1 unspecified atom stereocenters. The maximum atomic E-state index is 11.6. The molecule has 1 aliphatic carbocycles. The van der Waals surface area contributed by atoms with Crippen LogP contribution in [0.15, 0.2) is 4.52 Å². The van der Waals surface area contributed by atoms with Gasteiger partial charge < -0.3 is 4.52 Å². The zero-order chi connectivity index (χ0) is 12.3. The van der Waals surface area contributed by atoms with Crippen molar-refractivity contribution in [2.24, 2.45) is 5.92 Å². The lowest BCUT2D eigenvalue weighted by molar-refractivity contribution is -0.119. The SMILES string of the molecule is CCC(C)SCc1noc(CC(=O)C2CC2)n1. The molecule has 0 saturated heterocycles. The summed E-state index contributed by atoms with van der Waals surface area (Å²) in [5, 5.41) is 4.50. The average Bonchev–Trinajstić information content (AvgIpc) is 3.09. The molecule has 1 saturated carbocycles. The largest absolute Gasteiger partial charge is 0.339 e.